The van der Waals surface area contributed by atoms with Crippen molar-refractivity contribution in [1.82, 2.24) is 14.8 Å². The number of aromatic carboxylic acids is 1. The van der Waals surface area contributed by atoms with Gasteiger partial charge in [-0.3, -0.25) is 4.72 Å². The number of rotatable bonds is 7. The minimum absolute atomic E-state index is 0.0634. The Labute approximate surface area is 188 Å². The number of pyridine rings is 1. The maximum absolute atomic E-state index is 13.0. The van der Waals surface area contributed by atoms with Gasteiger partial charge in [-0.05, 0) is 49.4 Å². The van der Waals surface area contributed by atoms with Gasteiger partial charge >= 0.3 is 11.9 Å². The highest BCUT2D eigenvalue weighted by Crippen LogP contribution is 2.25. The summed E-state index contributed by atoms with van der Waals surface area (Å²) in [6.45, 7) is 1.71. The number of nitrogens with one attached hydrogen (secondary N) is 1. The first kappa shape index (κ1) is 22.0. The van der Waals surface area contributed by atoms with Crippen molar-refractivity contribution in [2.45, 2.75) is 11.8 Å². The van der Waals surface area contributed by atoms with Crippen LogP contribution in [-0.4, -0.2) is 46.8 Å². The molecule has 11 heteroatoms. The van der Waals surface area contributed by atoms with Gasteiger partial charge in [0.05, 0.1) is 28.8 Å². The Kier molecular flexibility index (Phi) is 5.80. The number of hydrogen-bond donors (Lipinski definition) is 2. The molecule has 2 aromatic carbocycles. The lowest BCUT2D eigenvalue weighted by Crippen LogP contribution is -2.19. The molecule has 0 radical (unpaired) electrons. The maximum atomic E-state index is 13.0. The number of anilines is 1. The molecule has 0 bridgehead atoms. The summed E-state index contributed by atoms with van der Waals surface area (Å²) in [6.07, 6.45) is 1.19. The third-order valence-corrected chi connectivity index (χ3v) is 6.06. The molecule has 2 aromatic heterocycles. The highest BCUT2D eigenvalue weighted by molar-refractivity contribution is 7.92. The van der Waals surface area contributed by atoms with E-state index in [1.165, 1.54) is 23.0 Å². The minimum Gasteiger partial charge on any atom is -0.478 e. The molecule has 0 aliphatic heterocycles. The Balaban J connectivity index is 1.80. The fourth-order valence-electron chi connectivity index (χ4n) is 3.11. The lowest BCUT2D eigenvalue weighted by Gasteiger charge is -2.12. The fraction of sp³-hybridized carbons (Fsp3) is 0.0909. The van der Waals surface area contributed by atoms with Crippen molar-refractivity contribution in [1.29, 1.82) is 0 Å². The van der Waals surface area contributed by atoms with Crippen molar-refractivity contribution in [3.63, 3.8) is 0 Å². The van der Waals surface area contributed by atoms with Gasteiger partial charge in [0.25, 0.3) is 10.0 Å². The number of carbonyl (C=O) groups is 2. The fourth-order valence-corrected chi connectivity index (χ4v) is 4.18. The molecule has 10 nitrogen and oxygen atoms in total. The van der Waals surface area contributed by atoms with Gasteiger partial charge in [0, 0.05) is 5.39 Å². The minimum atomic E-state index is -4.21. The molecule has 0 amide bonds. The summed E-state index contributed by atoms with van der Waals surface area (Å²) in [7, 11) is -4.21. The summed E-state index contributed by atoms with van der Waals surface area (Å²) in [4.78, 5) is 27.8. The number of sulfonamides is 1. The van der Waals surface area contributed by atoms with Crippen LogP contribution in [0.25, 0.3) is 16.7 Å². The average Bonchev–Trinajstić information content (AvgIpc) is 3.21. The molecule has 0 spiro atoms. The molecule has 2 heterocycles. The average molecular weight is 466 g/mol. The molecular weight excluding hydrogens is 448 g/mol. The number of carboxylic acid groups (broad SMARTS) is 1. The van der Waals surface area contributed by atoms with Gasteiger partial charge in [0.15, 0.2) is 11.6 Å². The summed E-state index contributed by atoms with van der Waals surface area (Å²) >= 11 is 0. The number of esters is 1. The number of hydrogen-bond acceptors (Lipinski definition) is 7. The molecule has 4 aromatic rings. The number of nitrogens with zero attached hydrogens (tertiary/aromatic N) is 3. The number of benzene rings is 2. The molecule has 0 aliphatic carbocycles. The van der Waals surface area contributed by atoms with E-state index in [1.807, 2.05) is 18.2 Å². The maximum Gasteiger partial charge on any atom is 0.343 e. The Bertz CT molecular complexity index is 1460. The van der Waals surface area contributed by atoms with Crippen molar-refractivity contribution in [2.75, 3.05) is 11.3 Å². The SMILES string of the molecule is CCOC(=O)c1cnn(-c2ccc3ccccc3n2)c1NS(=O)(=O)c1ccc(C(=O)O)cc1. The van der Waals surface area contributed by atoms with Crippen molar-refractivity contribution in [3.05, 3.63) is 78.0 Å². The van der Waals surface area contributed by atoms with Gasteiger partial charge in [0.2, 0.25) is 0 Å². The molecule has 168 valence electrons. The van der Waals surface area contributed by atoms with Crippen LogP contribution in [0.2, 0.25) is 0 Å². The quantitative estimate of drug-likeness (QED) is 0.396. The molecule has 0 saturated heterocycles. The van der Waals surface area contributed by atoms with Crippen molar-refractivity contribution in [3.8, 4) is 5.82 Å². The van der Waals surface area contributed by atoms with Gasteiger partial charge in [-0.1, -0.05) is 18.2 Å². The van der Waals surface area contributed by atoms with E-state index in [9.17, 15) is 18.0 Å². The second-order valence-corrected chi connectivity index (χ2v) is 8.52. The first-order chi connectivity index (χ1) is 15.8. The van der Waals surface area contributed by atoms with Gasteiger partial charge in [-0.2, -0.15) is 9.78 Å². The van der Waals surface area contributed by atoms with E-state index in [0.29, 0.717) is 5.52 Å². The van der Waals surface area contributed by atoms with Crippen LogP contribution in [0.1, 0.15) is 27.6 Å². The zero-order valence-electron chi connectivity index (χ0n) is 17.3. The zero-order chi connectivity index (χ0) is 23.6. The van der Waals surface area contributed by atoms with E-state index in [1.54, 1.807) is 25.1 Å². The number of ether oxygens (including phenoxy) is 1. The van der Waals surface area contributed by atoms with Crippen LogP contribution in [-0.2, 0) is 14.8 Å². The molecule has 33 heavy (non-hydrogen) atoms. The van der Waals surface area contributed by atoms with Crippen LogP contribution < -0.4 is 4.72 Å². The first-order valence-corrected chi connectivity index (χ1v) is 11.3. The third-order valence-electron chi connectivity index (χ3n) is 4.71. The highest BCUT2D eigenvalue weighted by Gasteiger charge is 2.25. The standard InChI is InChI=1S/C22H18N4O6S/c1-2-32-22(29)17-13-23-26(19-12-9-14-5-3-4-6-18(14)24-19)20(17)25-33(30,31)16-10-7-15(8-11-16)21(27)28/h3-13,25H,2H2,1H3,(H,27,28). The van der Waals surface area contributed by atoms with Gasteiger partial charge in [0.1, 0.15) is 5.56 Å². The molecule has 4 rings (SSSR count). The van der Waals surface area contributed by atoms with Crippen LogP contribution in [0.4, 0.5) is 5.82 Å². The summed E-state index contributed by atoms with van der Waals surface area (Å²) in [6, 6.07) is 15.5. The number of para-hydroxylation sites is 1. The Morgan fingerprint density at radius 1 is 1.06 bits per heavy atom. The zero-order valence-corrected chi connectivity index (χ0v) is 18.1. The Morgan fingerprint density at radius 2 is 1.79 bits per heavy atom. The lowest BCUT2D eigenvalue weighted by atomic mass is 10.2. The van der Waals surface area contributed by atoms with Crippen molar-refractivity contribution in [2.24, 2.45) is 0 Å². The van der Waals surface area contributed by atoms with E-state index in [4.69, 9.17) is 9.84 Å². The number of carboxylic acids is 1. The largest absolute Gasteiger partial charge is 0.478 e. The highest BCUT2D eigenvalue weighted by atomic mass is 32.2. The first-order valence-electron chi connectivity index (χ1n) is 9.77. The molecule has 0 unspecified atom stereocenters. The van der Waals surface area contributed by atoms with Crippen molar-refractivity contribution < 1.29 is 27.9 Å². The summed E-state index contributed by atoms with van der Waals surface area (Å²) in [5.41, 5.74) is 0.491. The van der Waals surface area contributed by atoms with Gasteiger partial charge < -0.3 is 9.84 Å². The normalized spacial score (nSPS) is 11.3. The molecule has 0 atom stereocenters. The Hall–Kier alpha value is -4.25. The van der Waals surface area contributed by atoms with Crippen molar-refractivity contribution >= 4 is 38.7 Å². The van der Waals surface area contributed by atoms with Crippen LogP contribution in [0.5, 0.6) is 0 Å². The van der Waals surface area contributed by atoms with Crippen LogP contribution in [0.15, 0.2) is 71.8 Å². The van der Waals surface area contributed by atoms with E-state index in [2.05, 4.69) is 14.8 Å². The predicted octanol–water partition coefficient (Wildman–Crippen LogP) is 3.10. The van der Waals surface area contributed by atoms with E-state index in [-0.39, 0.29) is 34.3 Å². The smallest absolute Gasteiger partial charge is 0.343 e. The lowest BCUT2D eigenvalue weighted by molar-refractivity contribution is 0.0527. The van der Waals surface area contributed by atoms with Crippen LogP contribution in [0.3, 0.4) is 0 Å². The van der Waals surface area contributed by atoms with Crippen LogP contribution >= 0.6 is 0 Å². The third kappa shape index (κ3) is 4.39. The topological polar surface area (TPSA) is 140 Å². The molecule has 2 N–H and O–H groups in total. The van der Waals surface area contributed by atoms with Gasteiger partial charge in [-0.25, -0.2) is 23.0 Å². The Morgan fingerprint density at radius 3 is 2.48 bits per heavy atom. The summed E-state index contributed by atoms with van der Waals surface area (Å²) in [5.74, 6) is -1.82. The number of carbonyl (C=O) groups excluding carboxylic acids is 1. The number of aromatic nitrogens is 3. The summed E-state index contributed by atoms with van der Waals surface area (Å²) < 4.78 is 34.7. The monoisotopic (exact) mass is 466 g/mol. The number of fused-ring (bicyclic) bond motifs is 1. The second-order valence-electron chi connectivity index (χ2n) is 6.84. The van der Waals surface area contributed by atoms with Crippen LogP contribution in [0, 0.1) is 0 Å². The van der Waals surface area contributed by atoms with E-state index in [0.717, 1.165) is 17.5 Å². The summed E-state index contributed by atoms with van der Waals surface area (Å²) in [5, 5.41) is 14.1. The van der Waals surface area contributed by atoms with E-state index >= 15 is 0 Å². The molecule has 0 fully saturated rings. The van der Waals surface area contributed by atoms with E-state index < -0.39 is 22.0 Å². The van der Waals surface area contributed by atoms with Gasteiger partial charge in [-0.15, -0.1) is 0 Å². The second kappa shape index (κ2) is 8.71. The predicted molar refractivity (Wildman–Crippen MR) is 119 cm³/mol. The molecular formula is C22H18N4O6S. The molecule has 0 saturated carbocycles. The molecule has 0 aliphatic rings.